The highest BCUT2D eigenvalue weighted by Gasteiger charge is 2.21. The van der Waals surface area contributed by atoms with E-state index in [2.05, 4.69) is 19.1 Å². The van der Waals surface area contributed by atoms with E-state index in [1.165, 1.54) is 57.8 Å². The van der Waals surface area contributed by atoms with Crippen LogP contribution in [-0.4, -0.2) is 0 Å². The van der Waals surface area contributed by atoms with E-state index < -0.39 is 0 Å². The first-order valence-electron chi connectivity index (χ1n) is 6.79. The van der Waals surface area contributed by atoms with Crippen LogP contribution in [0.4, 0.5) is 0 Å². The lowest BCUT2D eigenvalue weighted by atomic mass is 9.85. The van der Waals surface area contributed by atoms with Crippen LogP contribution in [0.1, 0.15) is 64.7 Å². The van der Waals surface area contributed by atoms with Gasteiger partial charge >= 0.3 is 0 Å². The number of allylic oxidation sites excluding steroid dienone is 4. The van der Waals surface area contributed by atoms with Gasteiger partial charge in [0, 0.05) is 5.92 Å². The highest BCUT2D eigenvalue weighted by Crippen LogP contribution is 2.37. The van der Waals surface area contributed by atoms with E-state index in [0.29, 0.717) is 0 Å². The zero-order chi connectivity index (χ0) is 10.5. The fraction of sp³-hybridized carbons (Fsp3) is 0.733. The van der Waals surface area contributed by atoms with Gasteiger partial charge in [0.05, 0.1) is 0 Å². The van der Waals surface area contributed by atoms with Crippen LogP contribution in [0.25, 0.3) is 0 Å². The first-order valence-corrected chi connectivity index (χ1v) is 6.79. The van der Waals surface area contributed by atoms with Crippen LogP contribution in [-0.2, 0) is 0 Å². The summed E-state index contributed by atoms with van der Waals surface area (Å²) in [7, 11) is 0. The molecular weight excluding hydrogens is 180 g/mol. The Labute approximate surface area is 94.5 Å². The van der Waals surface area contributed by atoms with Gasteiger partial charge in [0.25, 0.3) is 0 Å². The molecule has 0 aromatic carbocycles. The molecule has 2 aliphatic carbocycles. The molecule has 0 spiro atoms. The fourth-order valence-electron chi connectivity index (χ4n) is 3.04. The standard InChI is InChI=1S/C15H24/c1-2-3-12-15(13-8-4-5-9-13)14-10-6-7-11-14/h8,10,15H,2-7,9,11-12H2,1H3. The summed E-state index contributed by atoms with van der Waals surface area (Å²) in [5, 5.41) is 0. The Kier molecular flexibility index (Phi) is 4.05. The maximum absolute atomic E-state index is 2.53. The largest absolute Gasteiger partial charge is 0.0847 e. The van der Waals surface area contributed by atoms with Gasteiger partial charge in [-0.2, -0.15) is 0 Å². The Morgan fingerprint density at radius 2 is 1.67 bits per heavy atom. The van der Waals surface area contributed by atoms with Crippen molar-refractivity contribution in [1.82, 2.24) is 0 Å². The SMILES string of the molecule is CCCCC(C1=CCCC1)C1=CCCC1. The molecule has 0 atom stereocenters. The van der Waals surface area contributed by atoms with Crippen LogP contribution >= 0.6 is 0 Å². The molecule has 0 aromatic rings. The van der Waals surface area contributed by atoms with Gasteiger partial charge in [-0.15, -0.1) is 0 Å². The van der Waals surface area contributed by atoms with Gasteiger partial charge in [-0.25, -0.2) is 0 Å². The van der Waals surface area contributed by atoms with E-state index in [-0.39, 0.29) is 0 Å². The molecule has 0 heterocycles. The highest BCUT2D eigenvalue weighted by molar-refractivity contribution is 5.25. The average Bonchev–Trinajstić information content (AvgIpc) is 2.90. The lowest BCUT2D eigenvalue weighted by Gasteiger charge is -2.20. The molecule has 15 heavy (non-hydrogen) atoms. The molecule has 2 rings (SSSR count). The van der Waals surface area contributed by atoms with E-state index in [4.69, 9.17) is 0 Å². The first-order chi connectivity index (χ1) is 7.42. The van der Waals surface area contributed by atoms with E-state index in [0.717, 1.165) is 5.92 Å². The second kappa shape index (κ2) is 5.53. The molecule has 0 fully saturated rings. The van der Waals surface area contributed by atoms with E-state index in [9.17, 15) is 0 Å². The zero-order valence-corrected chi connectivity index (χ0v) is 10.1. The van der Waals surface area contributed by atoms with Crippen molar-refractivity contribution in [3.8, 4) is 0 Å². The maximum Gasteiger partial charge on any atom is 0.000690 e. The van der Waals surface area contributed by atoms with Crippen LogP contribution in [0.2, 0.25) is 0 Å². The van der Waals surface area contributed by atoms with Crippen LogP contribution in [0.15, 0.2) is 23.3 Å². The number of hydrogen-bond acceptors (Lipinski definition) is 0. The highest BCUT2D eigenvalue weighted by atomic mass is 14.3. The number of rotatable bonds is 5. The summed E-state index contributed by atoms with van der Waals surface area (Å²) in [4.78, 5) is 0. The predicted molar refractivity (Wildman–Crippen MR) is 66.9 cm³/mol. The Bertz CT molecular complexity index is 233. The van der Waals surface area contributed by atoms with Gasteiger partial charge in [-0.3, -0.25) is 0 Å². The molecule has 0 bridgehead atoms. The third-order valence-electron chi connectivity index (χ3n) is 3.89. The van der Waals surface area contributed by atoms with Crippen molar-refractivity contribution in [3.05, 3.63) is 23.3 Å². The molecule has 0 unspecified atom stereocenters. The second-order valence-corrected chi connectivity index (χ2v) is 5.04. The molecule has 0 N–H and O–H groups in total. The maximum atomic E-state index is 2.53. The molecule has 0 nitrogen and oxygen atoms in total. The predicted octanol–water partition coefficient (Wildman–Crippen LogP) is 5.01. The Hall–Kier alpha value is -0.520. The minimum atomic E-state index is 0.843. The summed E-state index contributed by atoms with van der Waals surface area (Å²) in [5.74, 6) is 0.843. The van der Waals surface area contributed by atoms with Crippen LogP contribution < -0.4 is 0 Å². The van der Waals surface area contributed by atoms with Crippen molar-refractivity contribution in [2.75, 3.05) is 0 Å². The van der Waals surface area contributed by atoms with Crippen LogP contribution in [0.5, 0.6) is 0 Å². The third-order valence-corrected chi connectivity index (χ3v) is 3.89. The Morgan fingerprint density at radius 3 is 2.07 bits per heavy atom. The topological polar surface area (TPSA) is 0 Å². The van der Waals surface area contributed by atoms with Crippen molar-refractivity contribution in [1.29, 1.82) is 0 Å². The fourth-order valence-corrected chi connectivity index (χ4v) is 3.04. The van der Waals surface area contributed by atoms with Crippen LogP contribution in [0.3, 0.4) is 0 Å². The molecule has 0 saturated heterocycles. The molecule has 0 aromatic heterocycles. The van der Waals surface area contributed by atoms with Gasteiger partial charge in [0.2, 0.25) is 0 Å². The minimum Gasteiger partial charge on any atom is -0.0847 e. The van der Waals surface area contributed by atoms with Crippen LogP contribution in [0, 0.1) is 5.92 Å². The summed E-state index contributed by atoms with van der Waals surface area (Å²) in [6.07, 6.45) is 17.5. The van der Waals surface area contributed by atoms with Gasteiger partial charge < -0.3 is 0 Å². The van der Waals surface area contributed by atoms with Gasteiger partial charge in [0.1, 0.15) is 0 Å². The summed E-state index contributed by atoms with van der Waals surface area (Å²) < 4.78 is 0. The molecule has 2 aliphatic rings. The Morgan fingerprint density at radius 1 is 1.07 bits per heavy atom. The molecule has 0 aliphatic heterocycles. The summed E-state index contributed by atoms with van der Waals surface area (Å²) in [6, 6.07) is 0. The normalized spacial score (nSPS) is 20.9. The summed E-state index contributed by atoms with van der Waals surface area (Å²) in [5.41, 5.74) is 3.55. The summed E-state index contributed by atoms with van der Waals surface area (Å²) >= 11 is 0. The van der Waals surface area contributed by atoms with E-state index in [1.807, 2.05) is 0 Å². The number of hydrogen-bond donors (Lipinski definition) is 0. The van der Waals surface area contributed by atoms with E-state index >= 15 is 0 Å². The molecule has 0 amide bonds. The minimum absolute atomic E-state index is 0.843. The third kappa shape index (κ3) is 2.74. The lowest BCUT2D eigenvalue weighted by Crippen LogP contribution is -2.05. The quantitative estimate of drug-likeness (QED) is 0.552. The zero-order valence-electron chi connectivity index (χ0n) is 10.1. The van der Waals surface area contributed by atoms with Crippen molar-refractivity contribution in [2.45, 2.75) is 64.7 Å². The molecule has 0 radical (unpaired) electrons. The average molecular weight is 204 g/mol. The molecular formula is C15H24. The number of unbranched alkanes of at least 4 members (excludes halogenated alkanes) is 1. The van der Waals surface area contributed by atoms with Crippen molar-refractivity contribution < 1.29 is 0 Å². The van der Waals surface area contributed by atoms with E-state index in [1.54, 1.807) is 11.1 Å². The second-order valence-electron chi connectivity index (χ2n) is 5.04. The van der Waals surface area contributed by atoms with Gasteiger partial charge in [-0.1, -0.05) is 43.1 Å². The monoisotopic (exact) mass is 204 g/mol. The Balaban J connectivity index is 2.01. The molecule has 0 saturated carbocycles. The lowest BCUT2D eigenvalue weighted by molar-refractivity contribution is 0.569. The van der Waals surface area contributed by atoms with Gasteiger partial charge in [-0.05, 0) is 44.9 Å². The van der Waals surface area contributed by atoms with Crippen molar-refractivity contribution >= 4 is 0 Å². The molecule has 0 heteroatoms. The smallest absolute Gasteiger partial charge is 0.000690 e. The summed E-state index contributed by atoms with van der Waals surface area (Å²) in [6.45, 7) is 2.31. The first kappa shape index (κ1) is 11.0. The van der Waals surface area contributed by atoms with Crippen molar-refractivity contribution in [2.24, 2.45) is 5.92 Å². The van der Waals surface area contributed by atoms with Gasteiger partial charge in [0.15, 0.2) is 0 Å². The molecule has 84 valence electrons. The van der Waals surface area contributed by atoms with Crippen molar-refractivity contribution in [3.63, 3.8) is 0 Å².